The fourth-order valence-corrected chi connectivity index (χ4v) is 2.96. The summed E-state index contributed by atoms with van der Waals surface area (Å²) in [6.07, 6.45) is 0.498. The molecule has 2 rings (SSSR count). The first-order valence-corrected chi connectivity index (χ1v) is 7.10. The Morgan fingerprint density at radius 1 is 1.26 bits per heavy atom. The van der Waals surface area contributed by atoms with Crippen LogP contribution in [0.5, 0.6) is 0 Å². The first-order valence-electron chi connectivity index (χ1n) is 5.93. The highest BCUT2D eigenvalue weighted by Crippen LogP contribution is 2.28. The molecule has 2 aromatic carbocycles. The summed E-state index contributed by atoms with van der Waals surface area (Å²) in [6, 6.07) is 10.1. The molecule has 100 valence electrons. The molecule has 0 aliphatic rings. The molecule has 4 heteroatoms. The predicted molar refractivity (Wildman–Crippen MR) is 80.9 cm³/mol. The summed E-state index contributed by atoms with van der Waals surface area (Å²) in [4.78, 5) is 0. The lowest BCUT2D eigenvalue weighted by molar-refractivity contribution is 0.622. The molecule has 19 heavy (non-hydrogen) atoms. The van der Waals surface area contributed by atoms with E-state index in [1.807, 2.05) is 25.1 Å². The molecule has 2 N–H and O–H groups in total. The molecule has 0 fully saturated rings. The van der Waals surface area contributed by atoms with E-state index in [0.29, 0.717) is 11.4 Å². The van der Waals surface area contributed by atoms with Crippen LogP contribution in [-0.4, -0.2) is 0 Å². The van der Waals surface area contributed by atoms with Gasteiger partial charge in [-0.15, -0.1) is 0 Å². The van der Waals surface area contributed by atoms with Gasteiger partial charge in [0, 0.05) is 15.5 Å². The third-order valence-electron chi connectivity index (χ3n) is 3.00. The molecule has 0 amide bonds. The summed E-state index contributed by atoms with van der Waals surface area (Å²) in [7, 11) is 0. The van der Waals surface area contributed by atoms with Gasteiger partial charge in [0.25, 0.3) is 0 Å². The Bertz CT molecular complexity index is 601. The minimum Gasteiger partial charge on any atom is -0.324 e. The fraction of sp³-hybridized carbons (Fsp3) is 0.200. The van der Waals surface area contributed by atoms with Gasteiger partial charge in [0.05, 0.1) is 0 Å². The van der Waals surface area contributed by atoms with Crippen molar-refractivity contribution < 1.29 is 4.39 Å². The van der Waals surface area contributed by atoms with Gasteiger partial charge in [-0.3, -0.25) is 0 Å². The first kappa shape index (κ1) is 14.5. The molecule has 0 aliphatic carbocycles. The van der Waals surface area contributed by atoms with Gasteiger partial charge in [-0.05, 0) is 54.3 Å². The van der Waals surface area contributed by atoms with Crippen LogP contribution in [0.15, 0.2) is 40.9 Å². The van der Waals surface area contributed by atoms with Crippen LogP contribution < -0.4 is 5.73 Å². The summed E-state index contributed by atoms with van der Waals surface area (Å²) >= 11 is 9.57. The summed E-state index contributed by atoms with van der Waals surface area (Å²) in [6.45, 7) is 2.02. The summed E-state index contributed by atoms with van der Waals surface area (Å²) in [5.41, 5.74) is 9.06. The van der Waals surface area contributed by atoms with Gasteiger partial charge >= 0.3 is 0 Å². The quantitative estimate of drug-likeness (QED) is 0.852. The first-order chi connectivity index (χ1) is 8.97. The lowest BCUT2D eigenvalue weighted by Gasteiger charge is -2.15. The standard InChI is InChI=1S/C15H14BrClFN/c1-9-2-4-12(13(16)6-9)15(19)8-10-7-11(18)3-5-14(10)17/h2-7,15H,8,19H2,1H3. The van der Waals surface area contributed by atoms with Crippen molar-refractivity contribution >= 4 is 27.5 Å². The fourth-order valence-electron chi connectivity index (χ4n) is 1.98. The van der Waals surface area contributed by atoms with Gasteiger partial charge in [-0.25, -0.2) is 4.39 Å². The van der Waals surface area contributed by atoms with Gasteiger partial charge in [-0.2, -0.15) is 0 Å². The van der Waals surface area contributed by atoms with Crippen LogP contribution in [0.2, 0.25) is 5.02 Å². The minimum absolute atomic E-state index is 0.228. The van der Waals surface area contributed by atoms with Crippen LogP contribution in [-0.2, 0) is 6.42 Å². The van der Waals surface area contributed by atoms with Crippen molar-refractivity contribution in [3.63, 3.8) is 0 Å². The zero-order valence-electron chi connectivity index (χ0n) is 10.5. The van der Waals surface area contributed by atoms with E-state index in [-0.39, 0.29) is 11.9 Å². The third kappa shape index (κ3) is 3.56. The molecule has 1 nitrogen and oxygen atoms in total. The molecule has 0 saturated carbocycles. The second-order valence-electron chi connectivity index (χ2n) is 4.57. The van der Waals surface area contributed by atoms with Crippen molar-refractivity contribution in [1.82, 2.24) is 0 Å². The molecule has 0 spiro atoms. The molecule has 2 aromatic rings. The molecule has 0 heterocycles. The highest BCUT2D eigenvalue weighted by molar-refractivity contribution is 9.10. The zero-order chi connectivity index (χ0) is 14.0. The lowest BCUT2D eigenvalue weighted by Crippen LogP contribution is -2.14. The van der Waals surface area contributed by atoms with E-state index < -0.39 is 0 Å². The van der Waals surface area contributed by atoms with E-state index >= 15 is 0 Å². The maximum Gasteiger partial charge on any atom is 0.123 e. The Morgan fingerprint density at radius 2 is 2.00 bits per heavy atom. The van der Waals surface area contributed by atoms with E-state index in [2.05, 4.69) is 15.9 Å². The maximum absolute atomic E-state index is 13.2. The Morgan fingerprint density at radius 3 is 2.68 bits per heavy atom. The second kappa shape index (κ2) is 6.04. The monoisotopic (exact) mass is 341 g/mol. The van der Waals surface area contributed by atoms with E-state index in [1.165, 1.54) is 12.1 Å². The van der Waals surface area contributed by atoms with E-state index in [4.69, 9.17) is 17.3 Å². The Hall–Kier alpha value is -0.900. The van der Waals surface area contributed by atoms with Crippen molar-refractivity contribution in [1.29, 1.82) is 0 Å². The van der Waals surface area contributed by atoms with Gasteiger partial charge in [0.2, 0.25) is 0 Å². The molecule has 0 radical (unpaired) electrons. The number of halogens is 3. The van der Waals surface area contributed by atoms with Crippen molar-refractivity contribution in [2.24, 2.45) is 5.73 Å². The minimum atomic E-state index is -0.297. The molecule has 0 saturated heterocycles. The highest BCUT2D eigenvalue weighted by Gasteiger charge is 2.13. The highest BCUT2D eigenvalue weighted by atomic mass is 79.9. The van der Waals surface area contributed by atoms with Crippen LogP contribution in [0, 0.1) is 12.7 Å². The number of benzene rings is 2. The average Bonchev–Trinajstić information content (AvgIpc) is 2.33. The summed E-state index contributed by atoms with van der Waals surface area (Å²) in [5.74, 6) is -0.297. The normalized spacial score (nSPS) is 12.5. The van der Waals surface area contributed by atoms with Crippen LogP contribution in [0.4, 0.5) is 4.39 Å². The maximum atomic E-state index is 13.2. The molecule has 1 atom stereocenters. The Balaban J connectivity index is 2.25. The van der Waals surface area contributed by atoms with Crippen LogP contribution >= 0.6 is 27.5 Å². The Kier molecular flexibility index (Phi) is 4.61. The average molecular weight is 343 g/mol. The SMILES string of the molecule is Cc1ccc(C(N)Cc2cc(F)ccc2Cl)c(Br)c1. The van der Waals surface area contributed by atoms with Gasteiger partial charge in [0.15, 0.2) is 0 Å². The second-order valence-corrected chi connectivity index (χ2v) is 5.83. The largest absolute Gasteiger partial charge is 0.324 e. The molecular formula is C15H14BrClFN. The molecule has 1 unspecified atom stereocenters. The molecule has 0 aromatic heterocycles. The summed E-state index contributed by atoms with van der Waals surface area (Å²) in [5, 5.41) is 0.542. The van der Waals surface area contributed by atoms with Crippen molar-refractivity contribution in [2.75, 3.05) is 0 Å². The van der Waals surface area contributed by atoms with Gasteiger partial charge in [-0.1, -0.05) is 39.7 Å². The molecule has 0 aliphatic heterocycles. The van der Waals surface area contributed by atoms with Crippen LogP contribution in [0.3, 0.4) is 0 Å². The Labute approximate surface area is 125 Å². The zero-order valence-corrected chi connectivity index (χ0v) is 12.8. The van der Waals surface area contributed by atoms with E-state index in [1.54, 1.807) is 6.07 Å². The van der Waals surface area contributed by atoms with Crippen molar-refractivity contribution in [3.8, 4) is 0 Å². The topological polar surface area (TPSA) is 26.0 Å². The van der Waals surface area contributed by atoms with Crippen molar-refractivity contribution in [2.45, 2.75) is 19.4 Å². The molecule has 0 bridgehead atoms. The van der Waals surface area contributed by atoms with E-state index in [0.717, 1.165) is 21.2 Å². The van der Waals surface area contributed by atoms with Gasteiger partial charge < -0.3 is 5.73 Å². The number of rotatable bonds is 3. The number of nitrogens with two attached hydrogens (primary N) is 1. The van der Waals surface area contributed by atoms with E-state index in [9.17, 15) is 4.39 Å². The summed E-state index contributed by atoms with van der Waals surface area (Å²) < 4.78 is 14.2. The van der Waals surface area contributed by atoms with Crippen LogP contribution in [0.1, 0.15) is 22.7 Å². The number of hydrogen-bond acceptors (Lipinski definition) is 1. The predicted octanol–water partition coefficient (Wildman–Crippen LogP) is 4.79. The van der Waals surface area contributed by atoms with Crippen LogP contribution in [0.25, 0.3) is 0 Å². The lowest BCUT2D eigenvalue weighted by atomic mass is 9.99. The van der Waals surface area contributed by atoms with Gasteiger partial charge in [0.1, 0.15) is 5.82 Å². The number of hydrogen-bond donors (Lipinski definition) is 1. The smallest absolute Gasteiger partial charge is 0.123 e. The molecular weight excluding hydrogens is 329 g/mol. The number of aryl methyl sites for hydroxylation is 1. The van der Waals surface area contributed by atoms with Crippen molar-refractivity contribution in [3.05, 3.63) is 68.4 Å². The third-order valence-corrected chi connectivity index (χ3v) is 4.06.